The highest BCUT2D eigenvalue weighted by Gasteiger charge is 2.49. The first-order chi connectivity index (χ1) is 21.2. The molecule has 5 atom stereocenters. The molecule has 2 saturated heterocycles. The van der Waals surface area contributed by atoms with Crippen molar-refractivity contribution in [2.24, 2.45) is 0 Å². The summed E-state index contributed by atoms with van der Waals surface area (Å²) >= 11 is 1.56. The van der Waals surface area contributed by atoms with E-state index in [1.54, 1.807) is 11.3 Å². The molecule has 10 nitrogen and oxygen atoms in total. The zero-order valence-electron chi connectivity index (χ0n) is 26.6. The van der Waals surface area contributed by atoms with Gasteiger partial charge in [-0.1, -0.05) is 5.16 Å². The van der Waals surface area contributed by atoms with Crippen LogP contribution in [0, 0.1) is 11.3 Å². The van der Waals surface area contributed by atoms with Crippen LogP contribution in [0.4, 0.5) is 10.8 Å². The third-order valence-electron chi connectivity index (χ3n) is 10.9. The maximum Gasteiger partial charge on any atom is 0.219 e. The largest absolute Gasteiger partial charge is 0.473 e. The zero-order valence-corrected chi connectivity index (χ0v) is 27.4. The number of nitriles is 1. The minimum atomic E-state index is -0.383. The third kappa shape index (κ3) is 4.77. The molecule has 0 radical (unpaired) electrons. The summed E-state index contributed by atoms with van der Waals surface area (Å²) in [5.41, 5.74) is 9.43. The molecule has 2 aliphatic carbocycles. The molecular weight excluding hydrogens is 572 g/mol. The van der Waals surface area contributed by atoms with Gasteiger partial charge in [0.15, 0.2) is 17.3 Å². The smallest absolute Gasteiger partial charge is 0.219 e. The first kappa shape index (κ1) is 29.5. The van der Waals surface area contributed by atoms with Gasteiger partial charge in [-0.25, -0.2) is 4.98 Å². The van der Waals surface area contributed by atoms with E-state index in [2.05, 4.69) is 60.8 Å². The molecule has 0 aromatic carbocycles. The number of aryl methyl sites for hydroxylation is 1. The number of hydrogen-bond donors (Lipinski definition) is 1. The van der Waals surface area contributed by atoms with Gasteiger partial charge in [0.2, 0.25) is 5.88 Å². The Hall–Kier alpha value is -3.20. The van der Waals surface area contributed by atoms with Crippen LogP contribution < -0.4 is 15.4 Å². The molecule has 0 bridgehead atoms. The van der Waals surface area contributed by atoms with Crippen molar-refractivity contribution in [3.05, 3.63) is 33.4 Å². The number of likely N-dealkylation sites (N-methyl/N-ethyl adjacent to an activating group) is 2. The van der Waals surface area contributed by atoms with Crippen molar-refractivity contribution in [3.63, 3.8) is 0 Å². The number of nitrogens with zero attached hydrogens (tertiary/aromatic N) is 7. The Bertz CT molecular complexity index is 1580. The summed E-state index contributed by atoms with van der Waals surface area (Å²) in [5, 5.41) is 15.4. The van der Waals surface area contributed by atoms with Gasteiger partial charge in [-0.15, -0.1) is 11.3 Å². The van der Waals surface area contributed by atoms with Gasteiger partial charge in [-0.2, -0.15) is 10.2 Å². The highest BCUT2D eigenvalue weighted by molar-refractivity contribution is 7.16. The van der Waals surface area contributed by atoms with E-state index in [-0.39, 0.29) is 11.5 Å². The van der Waals surface area contributed by atoms with Crippen LogP contribution in [0.5, 0.6) is 5.88 Å². The summed E-state index contributed by atoms with van der Waals surface area (Å²) in [5.74, 6) is 2.86. The standard InChI is InChI=1S/C33H44N8O2S/c1-19-17-41(18-20(2)40(19)5)26-15-27(42-21(3)24-10-8-14-39(24)4)37-32(36-26)29-22-9-6-12-33(30(22)43-38-29)13-7-11-25-28(33)23(16-34)31(35)44-25/h15,19-21,24H,6-14,17-18,35H2,1-5H3/t19-,20-,21-,24-,33-/m0/s1. The van der Waals surface area contributed by atoms with Gasteiger partial charge < -0.3 is 19.9 Å². The van der Waals surface area contributed by atoms with Crippen LogP contribution >= 0.6 is 11.3 Å². The molecule has 2 aliphatic heterocycles. The number of nitrogen functional groups attached to an aromatic ring is 1. The molecule has 234 valence electrons. The summed E-state index contributed by atoms with van der Waals surface area (Å²) in [7, 11) is 4.37. The molecule has 5 heterocycles. The van der Waals surface area contributed by atoms with E-state index >= 15 is 0 Å². The van der Waals surface area contributed by atoms with Crippen molar-refractivity contribution in [2.45, 2.75) is 102 Å². The number of thiophene rings is 1. The van der Waals surface area contributed by atoms with Gasteiger partial charge in [0.1, 0.15) is 23.0 Å². The lowest BCUT2D eigenvalue weighted by atomic mass is 9.63. The van der Waals surface area contributed by atoms with Crippen molar-refractivity contribution in [2.75, 3.05) is 44.4 Å². The fourth-order valence-corrected chi connectivity index (χ4v) is 9.51. The second-order valence-electron chi connectivity index (χ2n) is 13.5. The molecule has 0 amide bonds. The Morgan fingerprint density at radius 1 is 1.14 bits per heavy atom. The molecule has 4 aliphatic rings. The Labute approximate surface area is 264 Å². The number of likely N-dealkylation sites (tertiary alicyclic amines) is 1. The van der Waals surface area contributed by atoms with Gasteiger partial charge in [-0.3, -0.25) is 9.80 Å². The van der Waals surface area contributed by atoms with Gasteiger partial charge in [0, 0.05) is 47.7 Å². The van der Waals surface area contributed by atoms with Crippen LogP contribution in [0.2, 0.25) is 0 Å². The number of hydrogen-bond acceptors (Lipinski definition) is 11. The number of rotatable bonds is 5. The molecular formula is C33H44N8O2S. The molecule has 11 heteroatoms. The van der Waals surface area contributed by atoms with Crippen LogP contribution in [-0.4, -0.2) is 82.9 Å². The second-order valence-corrected chi connectivity index (χ2v) is 14.7. The first-order valence-electron chi connectivity index (χ1n) is 16.2. The maximum atomic E-state index is 10.1. The summed E-state index contributed by atoms with van der Waals surface area (Å²) in [6.45, 7) is 9.51. The SMILES string of the molecule is C[C@H](Oc1cc(N2C[C@H](C)N(C)[C@@H](C)C2)nc(-c2noc3c2CCC[C@@]32CCCc3sc(N)c(C#N)c32)n1)[C@@H]1CCCN1C. The number of ether oxygens (including phenoxy) is 1. The lowest BCUT2D eigenvalue weighted by Gasteiger charge is -2.43. The van der Waals surface area contributed by atoms with E-state index in [9.17, 15) is 5.26 Å². The highest BCUT2D eigenvalue weighted by atomic mass is 32.1. The molecule has 0 unspecified atom stereocenters. The fourth-order valence-electron chi connectivity index (χ4n) is 8.35. The van der Waals surface area contributed by atoms with Crippen LogP contribution in [-0.2, 0) is 18.3 Å². The molecule has 3 aromatic heterocycles. The first-order valence-corrected chi connectivity index (χ1v) is 17.1. The van der Waals surface area contributed by atoms with Gasteiger partial charge in [-0.05, 0) is 98.3 Å². The minimum Gasteiger partial charge on any atom is -0.473 e. The van der Waals surface area contributed by atoms with E-state index in [0.29, 0.717) is 46.1 Å². The molecule has 1 spiro atoms. The molecule has 3 aromatic rings. The lowest BCUT2D eigenvalue weighted by Crippen LogP contribution is -2.55. The van der Waals surface area contributed by atoms with Gasteiger partial charge >= 0.3 is 0 Å². The number of fused-ring (bicyclic) bond motifs is 4. The Kier molecular flexibility index (Phi) is 7.58. The van der Waals surface area contributed by atoms with E-state index in [1.165, 1.54) is 11.3 Å². The molecule has 7 rings (SSSR count). The van der Waals surface area contributed by atoms with Gasteiger partial charge in [0.05, 0.1) is 11.0 Å². The van der Waals surface area contributed by atoms with E-state index in [0.717, 1.165) is 87.3 Å². The predicted octanol–water partition coefficient (Wildman–Crippen LogP) is 5.00. The monoisotopic (exact) mass is 616 g/mol. The van der Waals surface area contributed by atoms with Crippen molar-refractivity contribution >= 4 is 22.2 Å². The third-order valence-corrected chi connectivity index (χ3v) is 11.9. The fraction of sp³-hybridized carbons (Fsp3) is 0.636. The quantitative estimate of drug-likeness (QED) is 0.419. The lowest BCUT2D eigenvalue weighted by molar-refractivity contribution is 0.117. The molecule has 0 saturated carbocycles. The predicted molar refractivity (Wildman–Crippen MR) is 172 cm³/mol. The van der Waals surface area contributed by atoms with Crippen LogP contribution in [0.25, 0.3) is 11.5 Å². The van der Waals surface area contributed by atoms with E-state index < -0.39 is 0 Å². The van der Waals surface area contributed by atoms with Crippen molar-refractivity contribution in [3.8, 4) is 23.5 Å². The number of nitrogens with two attached hydrogens (primary N) is 1. The number of aromatic nitrogens is 3. The topological polar surface area (TPSA) is 121 Å². The number of piperazine rings is 1. The Morgan fingerprint density at radius 2 is 1.89 bits per heavy atom. The minimum absolute atomic E-state index is 0.00737. The number of anilines is 2. The molecule has 2 fully saturated rings. The summed E-state index contributed by atoms with van der Waals surface area (Å²) in [6.07, 6.45) is 7.93. The average molecular weight is 617 g/mol. The zero-order chi connectivity index (χ0) is 30.7. The van der Waals surface area contributed by atoms with Crippen LogP contribution in [0.15, 0.2) is 10.6 Å². The Morgan fingerprint density at radius 3 is 2.59 bits per heavy atom. The maximum absolute atomic E-state index is 10.1. The van der Waals surface area contributed by atoms with Crippen LogP contribution in [0.3, 0.4) is 0 Å². The summed E-state index contributed by atoms with van der Waals surface area (Å²) in [6, 6.07) is 5.56. The molecule has 2 N–H and O–H groups in total. The van der Waals surface area contributed by atoms with Crippen molar-refractivity contribution < 1.29 is 9.26 Å². The van der Waals surface area contributed by atoms with E-state index in [4.69, 9.17) is 25.0 Å². The Balaban J connectivity index is 1.31. The van der Waals surface area contributed by atoms with Crippen molar-refractivity contribution in [1.29, 1.82) is 5.26 Å². The van der Waals surface area contributed by atoms with E-state index in [1.807, 2.05) is 6.07 Å². The van der Waals surface area contributed by atoms with Gasteiger partial charge in [0.25, 0.3) is 0 Å². The molecule has 44 heavy (non-hydrogen) atoms. The normalized spacial score (nSPS) is 28.1. The van der Waals surface area contributed by atoms with Crippen molar-refractivity contribution in [1.82, 2.24) is 24.9 Å². The summed E-state index contributed by atoms with van der Waals surface area (Å²) < 4.78 is 12.9. The second kappa shape index (κ2) is 11.3. The highest BCUT2D eigenvalue weighted by Crippen LogP contribution is 2.55. The van der Waals surface area contributed by atoms with Crippen LogP contribution in [0.1, 0.15) is 86.6 Å². The average Bonchev–Trinajstić information content (AvgIpc) is 3.72. The summed E-state index contributed by atoms with van der Waals surface area (Å²) in [4.78, 5) is 18.5.